The molecule has 2 atom stereocenters. The smallest absolute Gasteiger partial charge is 0.311 e. The number of carbonyl (C=O) groups is 3. The van der Waals surface area contributed by atoms with E-state index in [9.17, 15) is 19.5 Å². The predicted octanol–water partition coefficient (Wildman–Crippen LogP) is 1.66. The fraction of sp³-hybridized carbons (Fsp3) is 0.786. The van der Waals surface area contributed by atoms with Crippen LogP contribution in [0.2, 0.25) is 0 Å². The number of nitrogens with zero attached hydrogens (tertiary/aromatic N) is 1. The van der Waals surface area contributed by atoms with Gasteiger partial charge in [-0.3, -0.25) is 19.3 Å². The number of aliphatic carboxylic acids is 1. The van der Waals surface area contributed by atoms with Gasteiger partial charge in [-0.1, -0.05) is 6.42 Å². The molecular formula is C14H21NO4. The van der Waals surface area contributed by atoms with Crippen LogP contribution < -0.4 is 0 Å². The molecule has 2 rings (SSSR count). The van der Waals surface area contributed by atoms with Gasteiger partial charge in [-0.15, -0.1) is 0 Å². The number of carboxylic acids is 1. The Bertz CT molecular complexity index is 430. The summed E-state index contributed by atoms with van der Waals surface area (Å²) in [6.45, 7) is 6.45. The highest BCUT2D eigenvalue weighted by Crippen LogP contribution is 2.46. The number of likely N-dealkylation sites (tertiary alicyclic amines) is 1. The summed E-state index contributed by atoms with van der Waals surface area (Å²) in [5.74, 6) is -1.83. The normalized spacial score (nSPS) is 27.9. The van der Waals surface area contributed by atoms with Gasteiger partial charge in [-0.05, 0) is 40.5 Å². The number of amides is 2. The van der Waals surface area contributed by atoms with E-state index >= 15 is 0 Å². The van der Waals surface area contributed by atoms with Crippen LogP contribution in [0, 0.1) is 17.3 Å². The van der Waals surface area contributed by atoms with Crippen molar-refractivity contribution in [2.75, 3.05) is 0 Å². The van der Waals surface area contributed by atoms with Crippen LogP contribution in [0.4, 0.5) is 0 Å². The summed E-state index contributed by atoms with van der Waals surface area (Å²) in [5, 5.41) is 9.36. The number of carboxylic acid groups (broad SMARTS) is 1. The van der Waals surface area contributed by atoms with Gasteiger partial charge in [-0.25, -0.2) is 0 Å². The molecule has 19 heavy (non-hydrogen) atoms. The Morgan fingerprint density at radius 2 is 1.53 bits per heavy atom. The lowest BCUT2D eigenvalue weighted by atomic mass is 9.73. The Balaban J connectivity index is 2.39. The van der Waals surface area contributed by atoms with E-state index in [2.05, 4.69) is 0 Å². The van der Waals surface area contributed by atoms with Gasteiger partial charge in [0.05, 0.1) is 22.8 Å². The van der Waals surface area contributed by atoms with Gasteiger partial charge in [0.15, 0.2) is 0 Å². The van der Waals surface area contributed by atoms with Crippen molar-refractivity contribution >= 4 is 17.8 Å². The lowest BCUT2D eigenvalue weighted by Crippen LogP contribution is -2.59. The van der Waals surface area contributed by atoms with Crippen molar-refractivity contribution in [2.24, 2.45) is 17.3 Å². The first kappa shape index (κ1) is 14.0. The minimum absolute atomic E-state index is 0.188. The van der Waals surface area contributed by atoms with E-state index in [0.717, 1.165) is 19.3 Å². The Labute approximate surface area is 113 Å². The van der Waals surface area contributed by atoms with Gasteiger partial charge >= 0.3 is 5.97 Å². The van der Waals surface area contributed by atoms with E-state index in [1.807, 2.05) is 0 Å². The second kappa shape index (κ2) is 4.05. The van der Waals surface area contributed by atoms with Crippen molar-refractivity contribution in [3.63, 3.8) is 0 Å². The van der Waals surface area contributed by atoms with E-state index in [4.69, 9.17) is 0 Å². The third kappa shape index (κ3) is 1.70. The van der Waals surface area contributed by atoms with Crippen molar-refractivity contribution in [1.29, 1.82) is 0 Å². The Morgan fingerprint density at radius 3 is 1.89 bits per heavy atom. The second-order valence-corrected chi connectivity index (χ2v) is 6.64. The summed E-state index contributed by atoms with van der Waals surface area (Å²) >= 11 is 0. The summed E-state index contributed by atoms with van der Waals surface area (Å²) in [7, 11) is 0. The Kier molecular flexibility index (Phi) is 2.99. The van der Waals surface area contributed by atoms with Crippen molar-refractivity contribution < 1.29 is 19.5 Å². The number of carbonyl (C=O) groups excluding carboxylic acids is 2. The van der Waals surface area contributed by atoms with Crippen LogP contribution in [-0.4, -0.2) is 33.3 Å². The SMILES string of the molecule is CC(C)(C(=O)O)C(C)(C)N1C(=O)C2CCCC2C1=O. The number of fused-ring (bicyclic) bond motifs is 1. The summed E-state index contributed by atoms with van der Waals surface area (Å²) in [4.78, 5) is 37.5. The molecule has 2 aliphatic rings. The largest absolute Gasteiger partial charge is 0.481 e. The molecule has 1 saturated carbocycles. The molecule has 0 aromatic rings. The lowest BCUT2D eigenvalue weighted by molar-refractivity contribution is -0.163. The predicted molar refractivity (Wildman–Crippen MR) is 68.2 cm³/mol. The Hall–Kier alpha value is -1.39. The molecule has 0 bridgehead atoms. The maximum absolute atomic E-state index is 12.4. The topological polar surface area (TPSA) is 74.7 Å². The molecule has 1 aliphatic heterocycles. The molecule has 0 aromatic heterocycles. The third-order valence-corrected chi connectivity index (χ3v) is 5.21. The standard InChI is InChI=1S/C14H21NO4/c1-13(2,12(18)19)14(3,4)15-10(16)8-6-5-7-9(8)11(15)17/h8-9H,5-7H2,1-4H3,(H,18,19). The zero-order valence-electron chi connectivity index (χ0n) is 11.9. The zero-order valence-corrected chi connectivity index (χ0v) is 11.9. The van der Waals surface area contributed by atoms with E-state index in [1.54, 1.807) is 27.7 Å². The number of rotatable bonds is 3. The summed E-state index contributed by atoms with van der Waals surface area (Å²) in [6.07, 6.45) is 2.40. The fourth-order valence-electron chi connectivity index (χ4n) is 3.08. The quantitative estimate of drug-likeness (QED) is 0.789. The van der Waals surface area contributed by atoms with E-state index in [-0.39, 0.29) is 23.7 Å². The van der Waals surface area contributed by atoms with Crippen LogP contribution in [0.25, 0.3) is 0 Å². The van der Waals surface area contributed by atoms with Gasteiger partial charge in [0.2, 0.25) is 11.8 Å². The van der Waals surface area contributed by atoms with Crippen LogP contribution in [0.5, 0.6) is 0 Å². The summed E-state index contributed by atoms with van der Waals surface area (Å²) < 4.78 is 0. The molecule has 5 heteroatoms. The molecule has 0 aromatic carbocycles. The maximum atomic E-state index is 12.4. The summed E-state index contributed by atoms with van der Waals surface area (Å²) in [5.41, 5.74) is -2.21. The van der Waals surface area contributed by atoms with E-state index < -0.39 is 16.9 Å². The molecule has 1 saturated heterocycles. The molecule has 1 aliphatic carbocycles. The minimum Gasteiger partial charge on any atom is -0.481 e. The molecule has 2 unspecified atom stereocenters. The highest BCUT2D eigenvalue weighted by molar-refractivity contribution is 6.06. The minimum atomic E-state index is -1.18. The van der Waals surface area contributed by atoms with Crippen LogP contribution in [0.3, 0.4) is 0 Å². The van der Waals surface area contributed by atoms with Gasteiger partial charge in [-0.2, -0.15) is 0 Å². The molecule has 0 spiro atoms. The highest BCUT2D eigenvalue weighted by Gasteiger charge is 2.59. The van der Waals surface area contributed by atoms with Crippen LogP contribution in [0.1, 0.15) is 47.0 Å². The van der Waals surface area contributed by atoms with Crippen molar-refractivity contribution in [3.05, 3.63) is 0 Å². The summed E-state index contributed by atoms with van der Waals surface area (Å²) in [6, 6.07) is 0. The van der Waals surface area contributed by atoms with Crippen LogP contribution in [0.15, 0.2) is 0 Å². The average Bonchev–Trinajstić information content (AvgIpc) is 2.83. The van der Waals surface area contributed by atoms with Crippen molar-refractivity contribution in [2.45, 2.75) is 52.5 Å². The molecule has 0 radical (unpaired) electrons. The molecule has 2 amide bonds. The van der Waals surface area contributed by atoms with Crippen LogP contribution in [-0.2, 0) is 14.4 Å². The molecule has 1 N–H and O–H groups in total. The highest BCUT2D eigenvalue weighted by atomic mass is 16.4. The van der Waals surface area contributed by atoms with E-state index in [1.165, 1.54) is 4.90 Å². The first-order chi connectivity index (χ1) is 8.62. The third-order valence-electron chi connectivity index (χ3n) is 5.21. The second-order valence-electron chi connectivity index (χ2n) is 6.64. The van der Waals surface area contributed by atoms with Crippen LogP contribution >= 0.6 is 0 Å². The number of hydrogen-bond acceptors (Lipinski definition) is 3. The number of imide groups is 1. The fourth-order valence-corrected chi connectivity index (χ4v) is 3.08. The van der Waals surface area contributed by atoms with Crippen molar-refractivity contribution in [1.82, 2.24) is 4.90 Å². The van der Waals surface area contributed by atoms with Crippen molar-refractivity contribution in [3.8, 4) is 0 Å². The zero-order chi connectivity index (χ0) is 14.6. The average molecular weight is 267 g/mol. The lowest BCUT2D eigenvalue weighted by Gasteiger charge is -2.44. The molecule has 106 valence electrons. The maximum Gasteiger partial charge on any atom is 0.311 e. The van der Waals surface area contributed by atoms with Gasteiger partial charge < -0.3 is 5.11 Å². The molecule has 5 nitrogen and oxygen atoms in total. The first-order valence-corrected chi connectivity index (χ1v) is 6.73. The van der Waals surface area contributed by atoms with E-state index in [0.29, 0.717) is 0 Å². The van der Waals surface area contributed by atoms with Gasteiger partial charge in [0.1, 0.15) is 0 Å². The monoisotopic (exact) mass is 267 g/mol. The Morgan fingerprint density at radius 1 is 1.11 bits per heavy atom. The van der Waals surface area contributed by atoms with Gasteiger partial charge in [0, 0.05) is 0 Å². The molecule has 2 fully saturated rings. The number of hydrogen-bond donors (Lipinski definition) is 1. The molecule has 1 heterocycles. The first-order valence-electron chi connectivity index (χ1n) is 6.73. The molecular weight excluding hydrogens is 246 g/mol. The van der Waals surface area contributed by atoms with Gasteiger partial charge in [0.25, 0.3) is 0 Å².